The summed E-state index contributed by atoms with van der Waals surface area (Å²) in [4.78, 5) is 14.8. The Labute approximate surface area is 169 Å². The van der Waals surface area contributed by atoms with Gasteiger partial charge in [-0.3, -0.25) is 0 Å². The average Bonchev–Trinajstić information content (AvgIpc) is 3.23. The second-order valence-corrected chi connectivity index (χ2v) is 8.17. The summed E-state index contributed by atoms with van der Waals surface area (Å²) in [5.74, 6) is 0.351. The first kappa shape index (κ1) is 18.4. The molecule has 1 aliphatic rings. The molecule has 3 aromatic rings. The number of rotatable bonds is 4. The number of aromatic nitrogens is 4. The smallest absolute Gasteiger partial charge is 0.165 e. The highest BCUT2D eigenvalue weighted by molar-refractivity contribution is 9.10. The highest BCUT2D eigenvalue weighted by Gasteiger charge is 2.35. The summed E-state index contributed by atoms with van der Waals surface area (Å²) in [5.41, 5.74) is 14.8. The van der Waals surface area contributed by atoms with Crippen LogP contribution in [0.15, 0.2) is 29.3 Å². The van der Waals surface area contributed by atoms with Crippen molar-refractivity contribution in [2.75, 3.05) is 30.3 Å². The Morgan fingerprint density at radius 1 is 1.30 bits per heavy atom. The number of hydrogen-bond acceptors (Lipinski definition) is 7. The summed E-state index contributed by atoms with van der Waals surface area (Å²) in [6, 6.07) is 3.79. The molecule has 0 unspecified atom stereocenters. The maximum absolute atomic E-state index is 9.59. The van der Waals surface area contributed by atoms with Gasteiger partial charge in [-0.2, -0.15) is 0 Å². The molecule has 0 bridgehead atoms. The molecule has 0 saturated carbocycles. The Morgan fingerprint density at radius 2 is 2.11 bits per heavy atom. The van der Waals surface area contributed by atoms with E-state index in [9.17, 15) is 5.11 Å². The van der Waals surface area contributed by atoms with Crippen LogP contribution in [0.4, 0.5) is 11.5 Å². The van der Waals surface area contributed by atoms with Crippen LogP contribution in [0.1, 0.15) is 12.0 Å². The lowest BCUT2D eigenvalue weighted by atomic mass is 10.0. The Bertz CT molecular complexity index is 1010. The van der Waals surface area contributed by atoms with Crippen molar-refractivity contribution >= 4 is 50.2 Å². The zero-order valence-corrected chi connectivity index (χ0v) is 16.8. The number of hydrogen-bond donors (Lipinski definition) is 3. The summed E-state index contributed by atoms with van der Waals surface area (Å²) < 4.78 is 2.80. The Balaban J connectivity index is 1.75. The number of fused-ring (bicyclic) bond motifs is 1. The normalized spacial score (nSPS) is 19.9. The number of nitrogen functional groups attached to an aromatic ring is 1. The van der Waals surface area contributed by atoms with Crippen LogP contribution in [0.5, 0.6) is 0 Å². The predicted octanol–water partition coefficient (Wildman–Crippen LogP) is 1.77. The molecular weight excluding hydrogens is 434 g/mol. The van der Waals surface area contributed by atoms with Crippen LogP contribution in [0.25, 0.3) is 11.2 Å². The lowest BCUT2D eigenvalue weighted by Crippen LogP contribution is -2.46. The first-order valence-electron chi connectivity index (χ1n) is 8.44. The molecule has 1 atom stereocenters. The Hall–Kier alpha value is -1.94. The van der Waals surface area contributed by atoms with Gasteiger partial charge >= 0.3 is 0 Å². The van der Waals surface area contributed by atoms with Gasteiger partial charge in [-0.1, -0.05) is 27.5 Å². The van der Waals surface area contributed by atoms with Gasteiger partial charge in [0.15, 0.2) is 11.5 Å². The lowest BCUT2D eigenvalue weighted by Gasteiger charge is -2.26. The number of nitrogens with two attached hydrogens (primary N) is 2. The van der Waals surface area contributed by atoms with Gasteiger partial charge < -0.3 is 26.0 Å². The SMILES string of the molecule is Nc1ncnc2c1ncn2Cc1c(Br)cc(Cl)cc1N1CC[C@](N)(CO)C1. The largest absolute Gasteiger partial charge is 0.394 e. The van der Waals surface area contributed by atoms with Crippen LogP contribution in [0.2, 0.25) is 5.02 Å². The molecule has 1 saturated heterocycles. The molecular formula is C17H19BrClN7O. The molecule has 0 radical (unpaired) electrons. The standard InChI is InChI=1S/C17H19BrClN7O/c18-12-3-10(19)4-13(25-2-1-17(21,6-25)7-27)11(12)5-26-9-24-14-15(20)22-8-23-16(14)26/h3-4,8-9,27H,1-2,5-7,21H2,(H2,20,22,23)/t17-/m1/s1. The van der Waals surface area contributed by atoms with E-state index in [2.05, 4.69) is 35.8 Å². The molecule has 0 aliphatic carbocycles. The first-order chi connectivity index (χ1) is 12.9. The molecule has 1 aliphatic heterocycles. The number of aliphatic hydroxyl groups is 1. The minimum atomic E-state index is -0.602. The zero-order valence-electron chi connectivity index (χ0n) is 14.4. The Morgan fingerprint density at radius 3 is 2.85 bits per heavy atom. The fourth-order valence-electron chi connectivity index (χ4n) is 3.44. The van der Waals surface area contributed by atoms with Gasteiger partial charge in [-0.05, 0) is 18.6 Å². The maximum atomic E-state index is 9.59. The second kappa shape index (κ2) is 6.90. The van der Waals surface area contributed by atoms with E-state index in [0.717, 1.165) is 22.3 Å². The summed E-state index contributed by atoms with van der Waals surface area (Å²) in [6.45, 7) is 1.77. The highest BCUT2D eigenvalue weighted by Crippen LogP contribution is 2.36. The monoisotopic (exact) mass is 451 g/mol. The van der Waals surface area contributed by atoms with Gasteiger partial charge in [0.25, 0.3) is 0 Å². The van der Waals surface area contributed by atoms with Crippen molar-refractivity contribution in [1.82, 2.24) is 19.5 Å². The molecule has 4 rings (SSSR count). The highest BCUT2D eigenvalue weighted by atomic mass is 79.9. The molecule has 1 fully saturated rings. The zero-order chi connectivity index (χ0) is 19.2. The molecule has 0 amide bonds. The van der Waals surface area contributed by atoms with E-state index in [1.807, 2.05) is 16.7 Å². The molecule has 1 aromatic carbocycles. The summed E-state index contributed by atoms with van der Waals surface area (Å²) >= 11 is 9.94. The molecule has 2 aromatic heterocycles. The van der Waals surface area contributed by atoms with Crippen LogP contribution >= 0.6 is 27.5 Å². The van der Waals surface area contributed by atoms with Gasteiger partial charge in [0.1, 0.15) is 11.8 Å². The molecule has 3 heterocycles. The third kappa shape index (κ3) is 3.36. The van der Waals surface area contributed by atoms with Crippen molar-refractivity contribution in [1.29, 1.82) is 0 Å². The van der Waals surface area contributed by atoms with Gasteiger partial charge in [0, 0.05) is 33.8 Å². The average molecular weight is 453 g/mol. The van der Waals surface area contributed by atoms with Gasteiger partial charge in [0.2, 0.25) is 0 Å². The third-order valence-corrected chi connectivity index (χ3v) is 5.86. The fraction of sp³-hybridized carbons (Fsp3) is 0.353. The number of halogens is 2. The quantitative estimate of drug-likeness (QED) is 0.552. The minimum Gasteiger partial charge on any atom is -0.394 e. The van der Waals surface area contributed by atoms with E-state index < -0.39 is 5.54 Å². The van der Waals surface area contributed by atoms with E-state index in [-0.39, 0.29) is 6.61 Å². The van der Waals surface area contributed by atoms with Crippen molar-refractivity contribution in [2.45, 2.75) is 18.5 Å². The molecule has 27 heavy (non-hydrogen) atoms. The topological polar surface area (TPSA) is 119 Å². The van der Waals surface area contributed by atoms with Crippen LogP contribution in [-0.2, 0) is 6.54 Å². The number of anilines is 2. The molecule has 8 nitrogen and oxygen atoms in total. The second-order valence-electron chi connectivity index (χ2n) is 6.88. The van der Waals surface area contributed by atoms with E-state index in [1.165, 1.54) is 6.33 Å². The summed E-state index contributed by atoms with van der Waals surface area (Å²) in [5, 5.41) is 10.2. The third-order valence-electron chi connectivity index (χ3n) is 4.94. The van der Waals surface area contributed by atoms with Crippen LogP contribution in [0, 0.1) is 0 Å². The van der Waals surface area contributed by atoms with Gasteiger partial charge in [-0.25, -0.2) is 15.0 Å². The maximum Gasteiger partial charge on any atom is 0.165 e. The van der Waals surface area contributed by atoms with E-state index in [0.29, 0.717) is 41.5 Å². The van der Waals surface area contributed by atoms with E-state index >= 15 is 0 Å². The van der Waals surface area contributed by atoms with Crippen LogP contribution < -0.4 is 16.4 Å². The van der Waals surface area contributed by atoms with Crippen LogP contribution in [-0.4, -0.2) is 49.9 Å². The van der Waals surface area contributed by atoms with Crippen LogP contribution in [0.3, 0.4) is 0 Å². The van der Waals surface area contributed by atoms with Crippen molar-refractivity contribution in [3.05, 3.63) is 39.8 Å². The molecule has 142 valence electrons. The number of aliphatic hydroxyl groups excluding tert-OH is 1. The van der Waals surface area contributed by atoms with Crippen molar-refractivity contribution in [3.63, 3.8) is 0 Å². The summed E-state index contributed by atoms with van der Waals surface area (Å²) in [7, 11) is 0. The van der Waals surface area contributed by atoms with Gasteiger partial charge in [-0.15, -0.1) is 0 Å². The van der Waals surface area contributed by atoms with E-state index in [1.54, 1.807) is 6.33 Å². The van der Waals surface area contributed by atoms with E-state index in [4.69, 9.17) is 23.1 Å². The molecule has 10 heteroatoms. The number of benzene rings is 1. The fourth-order valence-corrected chi connectivity index (χ4v) is 4.36. The molecule has 0 spiro atoms. The molecule has 5 N–H and O–H groups in total. The van der Waals surface area contributed by atoms with Crippen molar-refractivity contribution in [3.8, 4) is 0 Å². The van der Waals surface area contributed by atoms with Gasteiger partial charge in [0.05, 0.1) is 25.0 Å². The lowest BCUT2D eigenvalue weighted by molar-refractivity contribution is 0.210. The Kier molecular flexibility index (Phi) is 4.71. The number of nitrogens with zero attached hydrogens (tertiary/aromatic N) is 5. The number of imidazole rings is 1. The minimum absolute atomic E-state index is 0.0527. The van der Waals surface area contributed by atoms with Crippen molar-refractivity contribution in [2.24, 2.45) is 5.73 Å². The van der Waals surface area contributed by atoms with Crippen molar-refractivity contribution < 1.29 is 5.11 Å². The first-order valence-corrected chi connectivity index (χ1v) is 9.61. The predicted molar refractivity (Wildman–Crippen MR) is 109 cm³/mol. The summed E-state index contributed by atoms with van der Waals surface area (Å²) in [6.07, 6.45) is 3.84.